The summed E-state index contributed by atoms with van der Waals surface area (Å²) in [7, 11) is -5.24. The summed E-state index contributed by atoms with van der Waals surface area (Å²) < 4.78 is 33.1. The summed E-state index contributed by atoms with van der Waals surface area (Å²) in [6.07, 6.45) is 3.19. The summed E-state index contributed by atoms with van der Waals surface area (Å²) in [6.45, 7) is 6.10. The number of fused-ring (bicyclic) bond motifs is 1. The van der Waals surface area contributed by atoms with E-state index in [0.29, 0.717) is 16.5 Å². The number of halogens is 3. The van der Waals surface area contributed by atoms with E-state index in [4.69, 9.17) is 27.7 Å². The number of aromatic nitrogens is 2. The van der Waals surface area contributed by atoms with E-state index in [9.17, 15) is 38.5 Å². The monoisotopic (exact) mass is 758 g/mol. The third-order valence-corrected chi connectivity index (χ3v) is 8.73. The van der Waals surface area contributed by atoms with Crippen LogP contribution in [0.1, 0.15) is 53.9 Å². The fourth-order valence-electron chi connectivity index (χ4n) is 5.29. The fraction of sp³-hybridized carbons (Fsp3) is 0.229. The number of hydrogen-bond donors (Lipinski definition) is 5. The van der Waals surface area contributed by atoms with Crippen molar-refractivity contribution in [3.05, 3.63) is 117 Å². The predicted molar refractivity (Wildman–Crippen MR) is 187 cm³/mol. The second-order valence-corrected chi connectivity index (χ2v) is 14.8. The molecule has 0 fully saturated rings. The minimum absolute atomic E-state index is 0.00594. The highest BCUT2D eigenvalue weighted by Crippen LogP contribution is 2.37. The summed E-state index contributed by atoms with van der Waals surface area (Å²) >= 11 is 13.0. The number of pyridine rings is 1. The van der Waals surface area contributed by atoms with Crippen molar-refractivity contribution in [3.63, 3.8) is 0 Å². The van der Waals surface area contributed by atoms with Gasteiger partial charge in [-0.15, -0.1) is 0 Å². The van der Waals surface area contributed by atoms with Crippen LogP contribution in [0, 0.1) is 5.82 Å². The van der Waals surface area contributed by atoms with Crippen LogP contribution in [0.5, 0.6) is 11.5 Å². The summed E-state index contributed by atoms with van der Waals surface area (Å²) in [4.78, 5) is 47.9. The van der Waals surface area contributed by atoms with Gasteiger partial charge in [0.1, 0.15) is 27.4 Å². The average Bonchev–Trinajstić information content (AvgIpc) is 3.38. The first kappa shape index (κ1) is 37.9. The number of β-amino-alcohol motifs (C(OH)–C–C–N with tert-alkyl or cyclic N) is 1. The van der Waals surface area contributed by atoms with Gasteiger partial charge in [0.05, 0.1) is 22.9 Å². The largest absolute Gasteiger partial charge is 0.746 e. The van der Waals surface area contributed by atoms with Crippen LogP contribution in [-0.4, -0.2) is 43.4 Å². The lowest BCUT2D eigenvalue weighted by Crippen LogP contribution is -2.38. The van der Waals surface area contributed by atoms with E-state index in [2.05, 4.69) is 10.6 Å². The number of phosphoric ester groups is 1. The van der Waals surface area contributed by atoms with Gasteiger partial charge in [-0.25, -0.2) is 4.39 Å². The Balaban J connectivity index is 1.37. The SMILES string of the molecule is CC(C)(C)NCC(O)c1ccc(C[n+]2cc(Cl)c(NC(=O)C(=O)c3cn(Cc4ccc(F)cc4)c4ccc(O)cc34)c(Cl)c2)c(OP(=O)([O-])O)c1. The molecule has 0 saturated carbocycles. The molecule has 2 aromatic heterocycles. The van der Waals surface area contributed by atoms with Gasteiger partial charge in [0.15, 0.2) is 18.9 Å². The number of aliphatic hydroxyl groups excluding tert-OH is 1. The van der Waals surface area contributed by atoms with E-state index in [0.717, 1.165) is 5.56 Å². The summed E-state index contributed by atoms with van der Waals surface area (Å²) in [5, 5.41) is 26.6. The second kappa shape index (κ2) is 15.1. The number of benzene rings is 3. The van der Waals surface area contributed by atoms with Gasteiger partial charge in [-0.3, -0.25) is 14.2 Å². The molecular weight excluding hydrogens is 725 g/mol. The van der Waals surface area contributed by atoms with Crippen LogP contribution in [0.2, 0.25) is 10.0 Å². The molecule has 0 aliphatic rings. The molecule has 1 amide bonds. The average molecular weight is 760 g/mol. The Labute approximate surface area is 302 Å². The number of phenolic OH excluding ortho intramolecular Hbond substituents is 1. The van der Waals surface area contributed by atoms with E-state index in [1.165, 1.54) is 59.6 Å². The maximum absolute atomic E-state index is 13.5. The Kier molecular flexibility index (Phi) is 11.2. The Morgan fingerprint density at radius 2 is 1.73 bits per heavy atom. The van der Waals surface area contributed by atoms with Gasteiger partial charge >= 0.3 is 7.82 Å². The maximum Gasteiger partial charge on any atom is 0.317 e. The topological polar surface area (TPSA) is 177 Å². The van der Waals surface area contributed by atoms with Crippen LogP contribution < -0.4 is 24.6 Å². The number of Topliss-reactive ketones (excluding diaryl/α,β-unsaturated/α-hetero) is 1. The Morgan fingerprint density at radius 3 is 2.35 bits per heavy atom. The molecule has 51 heavy (non-hydrogen) atoms. The lowest BCUT2D eigenvalue weighted by Gasteiger charge is -2.24. The van der Waals surface area contributed by atoms with Crippen LogP contribution in [0.3, 0.4) is 0 Å². The molecule has 0 saturated heterocycles. The smallest absolute Gasteiger partial charge is 0.317 e. The van der Waals surface area contributed by atoms with Crippen molar-refractivity contribution in [1.29, 1.82) is 0 Å². The highest BCUT2D eigenvalue weighted by molar-refractivity contribution is 7.45. The van der Waals surface area contributed by atoms with E-state index in [-0.39, 0.29) is 63.5 Å². The predicted octanol–water partition coefficient (Wildman–Crippen LogP) is 5.26. The molecule has 268 valence electrons. The standard InChI is InChI=1S/C35H34Cl2FN4O8P/c1-35(2,3)39-14-30(44)21-6-7-22(31(12-21)50-51(47,48)49)16-41-18-27(36)32(28(37)19-41)40-34(46)33(45)26-17-42(15-20-4-8-23(38)9-5-20)29-11-10-24(43)13-25(26)29/h4-13,17-19,30,39,44H,14-16H2,1-3H3,(H3,43,47,48,49). The maximum atomic E-state index is 13.5. The zero-order chi connectivity index (χ0) is 37.2. The molecule has 2 atom stereocenters. The number of aliphatic hydroxyl groups is 1. The van der Waals surface area contributed by atoms with E-state index < -0.39 is 31.4 Å². The molecular formula is C35H34Cl2FN4O8P. The van der Waals surface area contributed by atoms with Crippen molar-refractivity contribution >= 4 is 59.3 Å². The van der Waals surface area contributed by atoms with Crippen molar-refractivity contribution in [2.24, 2.45) is 0 Å². The van der Waals surface area contributed by atoms with Gasteiger partial charge in [0, 0.05) is 35.7 Å². The molecule has 2 unspecified atom stereocenters. The number of nitrogens with one attached hydrogen (secondary N) is 2. The lowest BCUT2D eigenvalue weighted by atomic mass is 10.0. The van der Waals surface area contributed by atoms with E-state index in [1.54, 1.807) is 28.8 Å². The first-order chi connectivity index (χ1) is 23.9. The molecule has 5 rings (SSSR count). The molecule has 3 aromatic carbocycles. The molecule has 5 N–H and O–H groups in total. The number of carbonyl (C=O) groups is 2. The van der Waals surface area contributed by atoms with Gasteiger partial charge in [-0.05, 0) is 74.4 Å². The molecule has 12 nitrogen and oxygen atoms in total. The molecule has 0 aliphatic carbocycles. The van der Waals surface area contributed by atoms with Gasteiger partial charge in [0.2, 0.25) is 0 Å². The first-order valence-electron chi connectivity index (χ1n) is 15.5. The highest BCUT2D eigenvalue weighted by Gasteiger charge is 2.26. The summed E-state index contributed by atoms with van der Waals surface area (Å²) in [5.41, 5.74) is 1.51. The number of phosphoric acid groups is 1. The third-order valence-electron chi connectivity index (χ3n) is 7.72. The van der Waals surface area contributed by atoms with Crippen molar-refractivity contribution < 1.29 is 47.6 Å². The first-order valence-corrected chi connectivity index (χ1v) is 17.7. The van der Waals surface area contributed by atoms with Crippen LogP contribution in [0.25, 0.3) is 10.9 Å². The van der Waals surface area contributed by atoms with Crippen LogP contribution >= 0.6 is 31.0 Å². The van der Waals surface area contributed by atoms with Crippen molar-refractivity contribution in [1.82, 2.24) is 9.88 Å². The van der Waals surface area contributed by atoms with Crippen LogP contribution in [0.15, 0.2) is 79.3 Å². The molecule has 2 heterocycles. The highest BCUT2D eigenvalue weighted by atomic mass is 35.5. The number of phenols is 1. The van der Waals surface area contributed by atoms with Crippen LogP contribution in [-0.2, 0) is 22.4 Å². The zero-order valence-electron chi connectivity index (χ0n) is 27.6. The van der Waals surface area contributed by atoms with Crippen molar-refractivity contribution in [2.75, 3.05) is 11.9 Å². The number of rotatable bonds is 12. The number of carbonyl (C=O) groups excluding carboxylic acids is 2. The van der Waals surface area contributed by atoms with Crippen molar-refractivity contribution in [2.45, 2.75) is 45.5 Å². The van der Waals surface area contributed by atoms with E-state index >= 15 is 0 Å². The lowest BCUT2D eigenvalue weighted by molar-refractivity contribution is -0.688. The molecule has 0 radical (unpaired) electrons. The van der Waals surface area contributed by atoms with Crippen LogP contribution in [0.4, 0.5) is 10.1 Å². The minimum atomic E-state index is -5.24. The van der Waals surface area contributed by atoms with Gasteiger partial charge in [-0.1, -0.05) is 41.4 Å². The molecule has 5 aromatic rings. The van der Waals surface area contributed by atoms with Gasteiger partial charge in [-0.2, -0.15) is 4.57 Å². The minimum Gasteiger partial charge on any atom is -0.746 e. The third kappa shape index (κ3) is 9.72. The van der Waals surface area contributed by atoms with Crippen molar-refractivity contribution in [3.8, 4) is 11.5 Å². The number of nitrogens with zero attached hydrogens (tertiary/aromatic N) is 2. The quantitative estimate of drug-likeness (QED) is 0.0492. The summed E-state index contributed by atoms with van der Waals surface area (Å²) in [5.74, 6) is -2.77. The van der Waals surface area contributed by atoms with Gasteiger partial charge in [0.25, 0.3) is 11.7 Å². The Hall–Kier alpha value is -4.33. The molecule has 16 heteroatoms. The number of aromatic hydroxyl groups is 1. The number of hydrogen-bond acceptors (Lipinski definition) is 8. The zero-order valence-corrected chi connectivity index (χ0v) is 30.0. The Morgan fingerprint density at radius 1 is 1.06 bits per heavy atom. The fourth-order valence-corrected chi connectivity index (χ4v) is 6.31. The number of ketones is 1. The summed E-state index contributed by atoms with van der Waals surface area (Å²) in [6, 6.07) is 14.6. The number of amides is 1. The molecule has 0 aliphatic heterocycles. The second-order valence-electron chi connectivity index (χ2n) is 12.9. The molecule has 0 spiro atoms. The normalized spacial score (nSPS) is 13.5. The molecule has 0 bridgehead atoms. The van der Waals surface area contributed by atoms with Gasteiger partial charge < -0.3 is 39.7 Å². The number of anilines is 1. The Bertz CT molecular complexity index is 2140. The van der Waals surface area contributed by atoms with E-state index in [1.807, 2.05) is 20.8 Å².